The lowest BCUT2D eigenvalue weighted by molar-refractivity contribution is -0.148. The van der Waals surface area contributed by atoms with Gasteiger partial charge in [0.05, 0.1) is 0 Å². The first-order valence-electron chi connectivity index (χ1n) is 5.54. The van der Waals surface area contributed by atoms with Gasteiger partial charge in [-0.25, -0.2) is 4.79 Å². The predicted octanol–water partition coefficient (Wildman–Crippen LogP) is 3.07. The lowest BCUT2D eigenvalue weighted by Crippen LogP contribution is -2.29. The minimum absolute atomic E-state index is 0.109. The van der Waals surface area contributed by atoms with E-state index in [4.69, 9.17) is 4.74 Å². The molecule has 2 heteroatoms. The molecule has 2 atom stereocenters. The highest BCUT2D eigenvalue weighted by Gasteiger charge is 2.25. The van der Waals surface area contributed by atoms with Crippen molar-refractivity contribution in [1.29, 1.82) is 0 Å². The van der Waals surface area contributed by atoms with E-state index in [1.54, 1.807) is 0 Å². The SMILES string of the molecule is CCCCCC1OC(=O)C(C)=CC1C. The molecule has 0 radical (unpaired) electrons. The molecule has 0 aromatic rings. The maximum Gasteiger partial charge on any atom is 0.333 e. The molecule has 0 spiro atoms. The summed E-state index contributed by atoms with van der Waals surface area (Å²) in [4.78, 5) is 11.3. The maximum atomic E-state index is 11.3. The van der Waals surface area contributed by atoms with Crippen LogP contribution in [0.3, 0.4) is 0 Å². The monoisotopic (exact) mass is 196 g/mol. The second-order valence-electron chi connectivity index (χ2n) is 4.15. The Labute approximate surface area is 86.3 Å². The molecule has 2 nitrogen and oxygen atoms in total. The molecule has 1 aliphatic heterocycles. The van der Waals surface area contributed by atoms with Crippen molar-refractivity contribution < 1.29 is 9.53 Å². The normalized spacial score (nSPS) is 27.1. The van der Waals surface area contributed by atoms with Crippen LogP contribution in [0.2, 0.25) is 0 Å². The van der Waals surface area contributed by atoms with Crippen LogP contribution in [0.25, 0.3) is 0 Å². The minimum Gasteiger partial charge on any atom is -0.458 e. The Morgan fingerprint density at radius 1 is 1.43 bits per heavy atom. The molecule has 1 rings (SSSR count). The molecular weight excluding hydrogens is 176 g/mol. The molecule has 0 aromatic carbocycles. The molecule has 0 aromatic heterocycles. The van der Waals surface area contributed by atoms with Gasteiger partial charge in [0.15, 0.2) is 0 Å². The summed E-state index contributed by atoms with van der Waals surface area (Å²) in [5, 5.41) is 0. The molecule has 0 amide bonds. The fraction of sp³-hybridized carbons (Fsp3) is 0.750. The van der Waals surface area contributed by atoms with Gasteiger partial charge in [0.1, 0.15) is 6.10 Å². The number of cyclic esters (lactones) is 1. The lowest BCUT2D eigenvalue weighted by atomic mass is 9.94. The highest BCUT2D eigenvalue weighted by molar-refractivity contribution is 5.88. The van der Waals surface area contributed by atoms with Gasteiger partial charge >= 0.3 is 5.97 Å². The van der Waals surface area contributed by atoms with Crippen LogP contribution in [0.5, 0.6) is 0 Å². The average molecular weight is 196 g/mol. The summed E-state index contributed by atoms with van der Waals surface area (Å²) in [7, 11) is 0. The molecule has 1 heterocycles. The Kier molecular flexibility index (Phi) is 4.18. The van der Waals surface area contributed by atoms with Gasteiger partial charge in [-0.15, -0.1) is 0 Å². The van der Waals surface area contributed by atoms with Crippen LogP contribution in [0, 0.1) is 5.92 Å². The highest BCUT2D eigenvalue weighted by Crippen LogP contribution is 2.23. The Morgan fingerprint density at radius 3 is 2.79 bits per heavy atom. The average Bonchev–Trinajstić information content (AvgIpc) is 2.14. The summed E-state index contributed by atoms with van der Waals surface area (Å²) in [5.41, 5.74) is 0.754. The fourth-order valence-electron chi connectivity index (χ4n) is 1.82. The van der Waals surface area contributed by atoms with E-state index in [1.807, 2.05) is 13.0 Å². The van der Waals surface area contributed by atoms with Gasteiger partial charge in [0.2, 0.25) is 0 Å². The van der Waals surface area contributed by atoms with E-state index in [1.165, 1.54) is 12.8 Å². The third-order valence-corrected chi connectivity index (χ3v) is 2.77. The van der Waals surface area contributed by atoms with Gasteiger partial charge in [-0.1, -0.05) is 32.8 Å². The van der Waals surface area contributed by atoms with E-state index in [2.05, 4.69) is 13.8 Å². The van der Waals surface area contributed by atoms with Crippen molar-refractivity contribution in [2.24, 2.45) is 5.92 Å². The maximum absolute atomic E-state index is 11.3. The highest BCUT2D eigenvalue weighted by atomic mass is 16.5. The van der Waals surface area contributed by atoms with E-state index in [0.29, 0.717) is 5.92 Å². The van der Waals surface area contributed by atoms with Crippen LogP contribution >= 0.6 is 0 Å². The Morgan fingerprint density at radius 2 is 2.14 bits per heavy atom. The Bertz CT molecular complexity index is 230. The zero-order chi connectivity index (χ0) is 10.6. The Balaban J connectivity index is 2.43. The minimum atomic E-state index is -0.135. The van der Waals surface area contributed by atoms with Crippen molar-refractivity contribution >= 4 is 5.97 Å². The summed E-state index contributed by atoms with van der Waals surface area (Å²) < 4.78 is 5.35. The zero-order valence-electron chi connectivity index (χ0n) is 9.38. The first kappa shape index (κ1) is 11.3. The molecule has 0 aliphatic carbocycles. The predicted molar refractivity (Wildman–Crippen MR) is 56.9 cm³/mol. The van der Waals surface area contributed by atoms with Crippen molar-refractivity contribution in [2.45, 2.75) is 52.6 Å². The summed E-state index contributed by atoms with van der Waals surface area (Å²) >= 11 is 0. The molecular formula is C12H20O2. The molecule has 0 saturated carbocycles. The van der Waals surface area contributed by atoms with Crippen molar-refractivity contribution in [3.63, 3.8) is 0 Å². The molecule has 0 fully saturated rings. The third-order valence-electron chi connectivity index (χ3n) is 2.77. The van der Waals surface area contributed by atoms with Gasteiger partial charge in [0.25, 0.3) is 0 Å². The standard InChI is InChI=1S/C12H20O2/c1-4-5-6-7-11-9(2)8-10(3)12(13)14-11/h8-9,11H,4-7H2,1-3H3. The van der Waals surface area contributed by atoms with Crippen molar-refractivity contribution in [3.8, 4) is 0 Å². The molecule has 14 heavy (non-hydrogen) atoms. The van der Waals surface area contributed by atoms with Crippen molar-refractivity contribution in [3.05, 3.63) is 11.6 Å². The topological polar surface area (TPSA) is 26.3 Å². The summed E-state index contributed by atoms with van der Waals surface area (Å²) in [5.74, 6) is 0.245. The number of ether oxygens (including phenoxy) is 1. The molecule has 0 N–H and O–H groups in total. The fourth-order valence-corrected chi connectivity index (χ4v) is 1.82. The third kappa shape index (κ3) is 2.86. The van der Waals surface area contributed by atoms with Gasteiger partial charge in [-0.05, 0) is 19.8 Å². The van der Waals surface area contributed by atoms with Gasteiger partial charge in [-0.3, -0.25) is 0 Å². The smallest absolute Gasteiger partial charge is 0.333 e. The first-order valence-corrected chi connectivity index (χ1v) is 5.54. The number of rotatable bonds is 4. The number of carbonyl (C=O) groups is 1. The van der Waals surface area contributed by atoms with Crippen LogP contribution in [-0.4, -0.2) is 12.1 Å². The number of hydrogen-bond donors (Lipinski definition) is 0. The number of carbonyl (C=O) groups excluding carboxylic acids is 1. The number of unbranched alkanes of at least 4 members (excludes halogenated alkanes) is 2. The van der Waals surface area contributed by atoms with Crippen LogP contribution < -0.4 is 0 Å². The van der Waals surface area contributed by atoms with E-state index >= 15 is 0 Å². The van der Waals surface area contributed by atoms with E-state index in [0.717, 1.165) is 18.4 Å². The summed E-state index contributed by atoms with van der Waals surface area (Å²) in [6, 6.07) is 0. The van der Waals surface area contributed by atoms with Crippen LogP contribution in [-0.2, 0) is 9.53 Å². The molecule has 80 valence electrons. The first-order chi connectivity index (χ1) is 6.65. The Hall–Kier alpha value is -0.790. The largest absolute Gasteiger partial charge is 0.458 e. The van der Waals surface area contributed by atoms with Crippen LogP contribution in [0.4, 0.5) is 0 Å². The van der Waals surface area contributed by atoms with Gasteiger partial charge < -0.3 is 4.74 Å². The molecule has 0 saturated heterocycles. The van der Waals surface area contributed by atoms with Gasteiger partial charge in [-0.2, -0.15) is 0 Å². The zero-order valence-corrected chi connectivity index (χ0v) is 9.38. The quantitative estimate of drug-likeness (QED) is 0.510. The van der Waals surface area contributed by atoms with Crippen molar-refractivity contribution in [1.82, 2.24) is 0 Å². The van der Waals surface area contributed by atoms with Crippen molar-refractivity contribution in [2.75, 3.05) is 0 Å². The summed E-state index contributed by atoms with van der Waals surface area (Å²) in [6.07, 6.45) is 6.74. The van der Waals surface area contributed by atoms with E-state index in [9.17, 15) is 4.79 Å². The molecule has 2 unspecified atom stereocenters. The molecule has 0 bridgehead atoms. The van der Waals surface area contributed by atoms with Crippen LogP contribution in [0.1, 0.15) is 46.5 Å². The second-order valence-corrected chi connectivity index (χ2v) is 4.15. The van der Waals surface area contributed by atoms with E-state index < -0.39 is 0 Å². The summed E-state index contributed by atoms with van der Waals surface area (Å²) in [6.45, 7) is 6.12. The molecule has 1 aliphatic rings. The van der Waals surface area contributed by atoms with Gasteiger partial charge in [0, 0.05) is 11.5 Å². The second kappa shape index (κ2) is 5.18. The van der Waals surface area contributed by atoms with E-state index in [-0.39, 0.29) is 12.1 Å². The number of hydrogen-bond acceptors (Lipinski definition) is 2. The number of esters is 1. The lowest BCUT2D eigenvalue weighted by Gasteiger charge is -2.26. The van der Waals surface area contributed by atoms with Crippen LogP contribution in [0.15, 0.2) is 11.6 Å².